The molecule has 17 heavy (non-hydrogen) atoms. The van der Waals surface area contributed by atoms with Crippen molar-refractivity contribution in [1.82, 2.24) is 14.5 Å². The fourth-order valence-electron chi connectivity index (χ4n) is 2.60. The molecule has 0 radical (unpaired) electrons. The molecule has 1 heterocycles. The van der Waals surface area contributed by atoms with E-state index in [9.17, 15) is 5.11 Å². The van der Waals surface area contributed by atoms with Crippen LogP contribution in [0.15, 0.2) is 18.7 Å². The molecule has 1 fully saturated rings. The zero-order valence-corrected chi connectivity index (χ0v) is 10.6. The first-order valence-corrected chi connectivity index (χ1v) is 6.58. The van der Waals surface area contributed by atoms with Crippen molar-refractivity contribution in [2.75, 3.05) is 20.1 Å². The lowest BCUT2D eigenvalue weighted by Gasteiger charge is -2.31. The fraction of sp³-hybridized carbons (Fsp3) is 0.769. The van der Waals surface area contributed by atoms with Gasteiger partial charge in [-0.15, -0.1) is 0 Å². The van der Waals surface area contributed by atoms with Gasteiger partial charge in [0, 0.05) is 32.0 Å². The van der Waals surface area contributed by atoms with E-state index >= 15 is 0 Å². The molecule has 1 aliphatic rings. The average Bonchev–Trinajstić information content (AvgIpc) is 2.82. The standard InChI is InChI=1S/C13H23N3O/c1-15(8-9-16-7-6-14-11-16)10-12-4-2-3-5-13(12)17/h6-7,11-13,17H,2-5,8-10H2,1H3. The van der Waals surface area contributed by atoms with Gasteiger partial charge in [-0.1, -0.05) is 12.8 Å². The third-order valence-electron chi connectivity index (χ3n) is 3.71. The van der Waals surface area contributed by atoms with E-state index in [2.05, 4.69) is 21.5 Å². The molecule has 1 aliphatic carbocycles. The second kappa shape index (κ2) is 6.17. The number of nitrogens with zero attached hydrogens (tertiary/aromatic N) is 3. The Morgan fingerprint density at radius 1 is 1.41 bits per heavy atom. The van der Waals surface area contributed by atoms with E-state index < -0.39 is 0 Å². The highest BCUT2D eigenvalue weighted by Gasteiger charge is 2.23. The highest BCUT2D eigenvalue weighted by molar-refractivity contribution is 4.78. The first kappa shape index (κ1) is 12.6. The monoisotopic (exact) mass is 237 g/mol. The van der Waals surface area contributed by atoms with E-state index in [4.69, 9.17) is 0 Å². The summed E-state index contributed by atoms with van der Waals surface area (Å²) in [6.45, 7) is 2.99. The lowest BCUT2D eigenvalue weighted by Crippen LogP contribution is -2.36. The molecule has 0 spiro atoms. The molecular formula is C13H23N3O. The molecule has 1 aromatic heterocycles. The zero-order chi connectivity index (χ0) is 12.1. The van der Waals surface area contributed by atoms with Crippen LogP contribution in [0.4, 0.5) is 0 Å². The van der Waals surface area contributed by atoms with Crippen molar-refractivity contribution in [3.05, 3.63) is 18.7 Å². The SMILES string of the molecule is CN(CCn1ccnc1)CC1CCCCC1O. The van der Waals surface area contributed by atoms with E-state index in [0.29, 0.717) is 5.92 Å². The summed E-state index contributed by atoms with van der Waals surface area (Å²) in [6.07, 6.45) is 10.2. The number of rotatable bonds is 5. The zero-order valence-electron chi connectivity index (χ0n) is 10.6. The largest absolute Gasteiger partial charge is 0.393 e. The molecule has 2 unspecified atom stereocenters. The van der Waals surface area contributed by atoms with Crippen LogP contribution >= 0.6 is 0 Å². The highest BCUT2D eigenvalue weighted by Crippen LogP contribution is 2.24. The Balaban J connectivity index is 1.71. The molecule has 2 rings (SSSR count). The fourth-order valence-corrected chi connectivity index (χ4v) is 2.60. The molecule has 0 aromatic carbocycles. The van der Waals surface area contributed by atoms with Gasteiger partial charge in [-0.2, -0.15) is 0 Å². The molecule has 2 atom stereocenters. The van der Waals surface area contributed by atoms with E-state index in [-0.39, 0.29) is 6.10 Å². The van der Waals surface area contributed by atoms with Crippen molar-refractivity contribution < 1.29 is 5.11 Å². The third-order valence-corrected chi connectivity index (χ3v) is 3.71. The number of aliphatic hydroxyl groups excluding tert-OH is 1. The maximum Gasteiger partial charge on any atom is 0.0946 e. The predicted octanol–water partition coefficient (Wildman–Crippen LogP) is 1.37. The van der Waals surface area contributed by atoms with E-state index in [1.54, 1.807) is 0 Å². The van der Waals surface area contributed by atoms with Crippen LogP contribution in [-0.4, -0.2) is 45.8 Å². The summed E-state index contributed by atoms with van der Waals surface area (Å²) in [5.74, 6) is 0.469. The number of hydrogen-bond donors (Lipinski definition) is 1. The van der Waals surface area contributed by atoms with Gasteiger partial charge < -0.3 is 14.6 Å². The van der Waals surface area contributed by atoms with Crippen LogP contribution in [0.25, 0.3) is 0 Å². The van der Waals surface area contributed by atoms with Gasteiger partial charge in [0.05, 0.1) is 12.4 Å². The lowest BCUT2D eigenvalue weighted by molar-refractivity contribution is 0.0509. The minimum Gasteiger partial charge on any atom is -0.393 e. The Kier molecular flexibility index (Phi) is 4.57. The van der Waals surface area contributed by atoms with E-state index in [0.717, 1.165) is 26.1 Å². The van der Waals surface area contributed by atoms with E-state index in [1.165, 1.54) is 19.3 Å². The van der Waals surface area contributed by atoms with Crippen molar-refractivity contribution in [1.29, 1.82) is 0 Å². The smallest absolute Gasteiger partial charge is 0.0946 e. The normalized spacial score (nSPS) is 25.4. The first-order valence-electron chi connectivity index (χ1n) is 6.58. The van der Waals surface area contributed by atoms with Gasteiger partial charge in [0.15, 0.2) is 0 Å². The number of likely N-dealkylation sites (N-methyl/N-ethyl adjacent to an activating group) is 1. The number of hydrogen-bond acceptors (Lipinski definition) is 3. The maximum atomic E-state index is 9.93. The Morgan fingerprint density at radius 2 is 2.24 bits per heavy atom. The Morgan fingerprint density at radius 3 is 2.94 bits per heavy atom. The van der Waals surface area contributed by atoms with Crippen LogP contribution in [-0.2, 0) is 6.54 Å². The summed E-state index contributed by atoms with van der Waals surface area (Å²) >= 11 is 0. The predicted molar refractivity (Wildman–Crippen MR) is 67.7 cm³/mol. The lowest BCUT2D eigenvalue weighted by atomic mass is 9.86. The summed E-state index contributed by atoms with van der Waals surface area (Å²) in [6, 6.07) is 0. The molecule has 0 aliphatic heterocycles. The quantitative estimate of drug-likeness (QED) is 0.841. The van der Waals surface area contributed by atoms with Gasteiger partial charge in [-0.25, -0.2) is 4.98 Å². The molecule has 0 bridgehead atoms. The van der Waals surface area contributed by atoms with E-state index in [1.807, 2.05) is 18.7 Å². The van der Waals surface area contributed by atoms with Crippen LogP contribution in [0.1, 0.15) is 25.7 Å². The maximum absolute atomic E-state index is 9.93. The van der Waals surface area contributed by atoms with Crippen LogP contribution < -0.4 is 0 Å². The van der Waals surface area contributed by atoms with Crippen molar-refractivity contribution in [2.24, 2.45) is 5.92 Å². The second-order valence-electron chi connectivity index (χ2n) is 5.17. The Labute approximate surface area is 103 Å². The molecule has 0 saturated heterocycles. The number of aliphatic hydroxyl groups is 1. The van der Waals surface area contributed by atoms with Crippen molar-refractivity contribution in [3.63, 3.8) is 0 Å². The topological polar surface area (TPSA) is 41.3 Å². The minimum absolute atomic E-state index is 0.0838. The van der Waals surface area contributed by atoms with Crippen molar-refractivity contribution in [3.8, 4) is 0 Å². The summed E-state index contributed by atoms with van der Waals surface area (Å²) in [5, 5.41) is 9.93. The molecule has 96 valence electrons. The Hall–Kier alpha value is -0.870. The van der Waals surface area contributed by atoms with Gasteiger partial charge in [-0.05, 0) is 25.8 Å². The molecule has 1 N–H and O–H groups in total. The molecule has 1 saturated carbocycles. The Bertz CT molecular complexity index is 312. The molecule has 1 aromatic rings. The van der Waals surface area contributed by atoms with Crippen LogP contribution in [0.3, 0.4) is 0 Å². The number of imidazole rings is 1. The van der Waals surface area contributed by atoms with Crippen molar-refractivity contribution >= 4 is 0 Å². The van der Waals surface area contributed by atoms with Crippen LogP contribution in [0.2, 0.25) is 0 Å². The van der Waals surface area contributed by atoms with Crippen molar-refractivity contribution in [2.45, 2.75) is 38.3 Å². The minimum atomic E-state index is -0.0838. The van der Waals surface area contributed by atoms with Gasteiger partial charge in [-0.3, -0.25) is 0 Å². The molecular weight excluding hydrogens is 214 g/mol. The van der Waals surface area contributed by atoms with Crippen LogP contribution in [0.5, 0.6) is 0 Å². The molecule has 4 heteroatoms. The number of aromatic nitrogens is 2. The summed E-state index contributed by atoms with van der Waals surface area (Å²) in [7, 11) is 2.14. The van der Waals surface area contributed by atoms with Crippen LogP contribution in [0, 0.1) is 5.92 Å². The van der Waals surface area contributed by atoms with Gasteiger partial charge >= 0.3 is 0 Å². The summed E-state index contributed by atoms with van der Waals surface area (Å²) in [5.41, 5.74) is 0. The van der Waals surface area contributed by atoms with Gasteiger partial charge in [0.1, 0.15) is 0 Å². The first-order chi connectivity index (χ1) is 8.25. The summed E-state index contributed by atoms with van der Waals surface area (Å²) < 4.78 is 2.09. The van der Waals surface area contributed by atoms with Gasteiger partial charge in [0.25, 0.3) is 0 Å². The average molecular weight is 237 g/mol. The van der Waals surface area contributed by atoms with Gasteiger partial charge in [0.2, 0.25) is 0 Å². The second-order valence-corrected chi connectivity index (χ2v) is 5.17. The third kappa shape index (κ3) is 3.82. The molecule has 4 nitrogen and oxygen atoms in total. The molecule has 0 amide bonds. The highest BCUT2D eigenvalue weighted by atomic mass is 16.3. The summed E-state index contributed by atoms with van der Waals surface area (Å²) in [4.78, 5) is 6.35.